The molecule has 0 unspecified atom stereocenters. The second kappa shape index (κ2) is 7.81. The topological polar surface area (TPSA) is 112 Å². The van der Waals surface area contributed by atoms with E-state index in [-0.39, 0.29) is 12.4 Å². The molecule has 160 valence electrons. The van der Waals surface area contributed by atoms with Gasteiger partial charge in [-0.1, -0.05) is 6.92 Å². The van der Waals surface area contributed by atoms with Crippen molar-refractivity contribution in [3.8, 4) is 17.1 Å². The van der Waals surface area contributed by atoms with Crippen molar-refractivity contribution in [2.24, 2.45) is 5.73 Å². The lowest BCUT2D eigenvalue weighted by atomic mass is 10.1. The SMILES string of the molecule is CC[C@@H](Nc1ccc2c(c1)OCCn1cc(N3C(=O)OC[C@H]3C(F)F)nc1-2)C(N)=O. The lowest BCUT2D eigenvalue weighted by molar-refractivity contribution is -0.118. The molecule has 1 aromatic heterocycles. The Bertz CT molecular complexity index is 980. The maximum Gasteiger partial charge on any atom is 0.416 e. The van der Waals surface area contributed by atoms with Gasteiger partial charge in [0, 0.05) is 18.0 Å². The number of ether oxygens (including phenoxy) is 2. The molecule has 9 nitrogen and oxygen atoms in total. The predicted octanol–water partition coefficient (Wildman–Crippen LogP) is 2.21. The highest BCUT2D eigenvalue weighted by molar-refractivity contribution is 5.90. The number of nitrogens with two attached hydrogens (primary N) is 1. The number of cyclic esters (lactones) is 1. The van der Waals surface area contributed by atoms with E-state index in [1.54, 1.807) is 29.0 Å². The van der Waals surface area contributed by atoms with Crippen molar-refractivity contribution in [3.63, 3.8) is 0 Å². The largest absolute Gasteiger partial charge is 0.491 e. The minimum atomic E-state index is -2.75. The van der Waals surface area contributed by atoms with Crippen molar-refractivity contribution in [1.29, 1.82) is 0 Å². The van der Waals surface area contributed by atoms with Crippen molar-refractivity contribution in [2.45, 2.75) is 38.4 Å². The van der Waals surface area contributed by atoms with Gasteiger partial charge in [-0.25, -0.2) is 23.5 Å². The quantitative estimate of drug-likeness (QED) is 0.740. The summed E-state index contributed by atoms with van der Waals surface area (Å²) in [5.74, 6) is 0.649. The Hall–Kier alpha value is -3.37. The molecule has 1 aromatic carbocycles. The van der Waals surface area contributed by atoms with Crippen molar-refractivity contribution in [1.82, 2.24) is 9.55 Å². The van der Waals surface area contributed by atoms with E-state index in [2.05, 4.69) is 10.3 Å². The van der Waals surface area contributed by atoms with Gasteiger partial charge >= 0.3 is 6.09 Å². The van der Waals surface area contributed by atoms with E-state index in [1.807, 2.05) is 6.92 Å². The summed E-state index contributed by atoms with van der Waals surface area (Å²) in [5.41, 5.74) is 6.68. The Labute approximate surface area is 170 Å². The van der Waals surface area contributed by atoms with Crippen LogP contribution in [-0.4, -0.2) is 53.3 Å². The molecular weight excluding hydrogens is 400 g/mol. The molecule has 2 aromatic rings. The molecule has 2 aliphatic rings. The van der Waals surface area contributed by atoms with Gasteiger partial charge in [0.15, 0.2) is 5.82 Å². The lowest BCUT2D eigenvalue weighted by Crippen LogP contribution is -2.38. The molecule has 1 saturated heterocycles. The molecule has 0 saturated carbocycles. The monoisotopic (exact) mass is 421 g/mol. The molecule has 2 atom stereocenters. The third kappa shape index (κ3) is 3.51. The molecule has 11 heteroatoms. The number of benzene rings is 1. The molecule has 0 spiro atoms. The highest BCUT2D eigenvalue weighted by Crippen LogP contribution is 2.37. The molecule has 3 N–H and O–H groups in total. The average Bonchev–Trinajstić information content (AvgIpc) is 3.25. The van der Waals surface area contributed by atoms with Crippen LogP contribution >= 0.6 is 0 Å². The fourth-order valence-corrected chi connectivity index (χ4v) is 3.53. The van der Waals surface area contributed by atoms with Crippen LogP contribution in [0.1, 0.15) is 13.3 Å². The van der Waals surface area contributed by atoms with Crippen LogP contribution in [0.3, 0.4) is 0 Å². The Morgan fingerprint density at radius 2 is 2.20 bits per heavy atom. The highest BCUT2D eigenvalue weighted by Gasteiger charge is 2.42. The van der Waals surface area contributed by atoms with E-state index in [1.165, 1.54) is 0 Å². The van der Waals surface area contributed by atoms with Gasteiger partial charge in [0.1, 0.15) is 36.9 Å². The van der Waals surface area contributed by atoms with Gasteiger partial charge in [-0.3, -0.25) is 4.79 Å². The van der Waals surface area contributed by atoms with Gasteiger partial charge in [0.2, 0.25) is 5.91 Å². The number of amides is 2. The van der Waals surface area contributed by atoms with Crippen molar-refractivity contribution >= 4 is 23.5 Å². The number of rotatable bonds is 6. The first-order chi connectivity index (χ1) is 14.4. The minimum absolute atomic E-state index is 0.104. The summed E-state index contributed by atoms with van der Waals surface area (Å²) in [5, 5.41) is 3.06. The number of carbonyl (C=O) groups is 2. The second-order valence-corrected chi connectivity index (χ2v) is 7.03. The van der Waals surface area contributed by atoms with Gasteiger partial charge in [-0.05, 0) is 18.6 Å². The summed E-state index contributed by atoms with van der Waals surface area (Å²) in [7, 11) is 0. The third-order valence-electron chi connectivity index (χ3n) is 5.11. The van der Waals surface area contributed by atoms with Gasteiger partial charge in [-0.15, -0.1) is 0 Å². The number of imidazole rings is 1. The molecule has 0 bridgehead atoms. The van der Waals surface area contributed by atoms with E-state index in [0.717, 1.165) is 4.90 Å². The zero-order valence-corrected chi connectivity index (χ0v) is 16.2. The van der Waals surface area contributed by atoms with E-state index in [0.29, 0.717) is 42.4 Å². The van der Waals surface area contributed by atoms with E-state index in [4.69, 9.17) is 15.2 Å². The maximum absolute atomic E-state index is 13.3. The smallest absolute Gasteiger partial charge is 0.416 e. The van der Waals surface area contributed by atoms with Crippen LogP contribution in [0.4, 0.5) is 25.1 Å². The van der Waals surface area contributed by atoms with Gasteiger partial charge in [0.25, 0.3) is 6.43 Å². The molecule has 3 heterocycles. The molecule has 0 radical (unpaired) electrons. The van der Waals surface area contributed by atoms with E-state index < -0.39 is 30.5 Å². The number of alkyl halides is 2. The number of hydrogen-bond acceptors (Lipinski definition) is 6. The number of anilines is 2. The fourth-order valence-electron chi connectivity index (χ4n) is 3.53. The van der Waals surface area contributed by atoms with Gasteiger partial charge < -0.3 is 25.1 Å². The number of nitrogens with one attached hydrogen (secondary N) is 1. The van der Waals surface area contributed by atoms with Crippen molar-refractivity contribution < 1.29 is 27.8 Å². The Morgan fingerprint density at radius 1 is 1.40 bits per heavy atom. The van der Waals surface area contributed by atoms with Crippen LogP contribution in [0, 0.1) is 0 Å². The summed E-state index contributed by atoms with van der Waals surface area (Å²) in [6.45, 7) is 2.19. The normalized spacial score (nSPS) is 18.9. The van der Waals surface area contributed by atoms with Crippen LogP contribution in [-0.2, 0) is 16.1 Å². The summed E-state index contributed by atoms with van der Waals surface area (Å²) in [6.07, 6.45) is -1.53. The lowest BCUT2D eigenvalue weighted by Gasteiger charge is -2.18. The number of halogens is 2. The van der Waals surface area contributed by atoms with Crippen LogP contribution in [0.15, 0.2) is 24.4 Å². The summed E-state index contributed by atoms with van der Waals surface area (Å²) in [6, 6.07) is 3.35. The Kier molecular flexibility index (Phi) is 5.18. The van der Waals surface area contributed by atoms with E-state index >= 15 is 0 Å². The molecule has 30 heavy (non-hydrogen) atoms. The summed E-state index contributed by atoms with van der Waals surface area (Å²) in [4.78, 5) is 28.8. The standard InChI is InChI=1S/C19H21F2N5O4/c1-2-12(17(22)27)23-10-3-4-11-14(7-10)29-6-5-25-8-15(24-18(11)25)26-13(16(20)21)9-30-19(26)28/h3-4,7-8,12-13,16,23H,2,5-6,9H2,1H3,(H2,22,27)/t12-,13+/m1/s1. The fraction of sp³-hybridized carbons (Fsp3) is 0.421. The third-order valence-corrected chi connectivity index (χ3v) is 5.11. The van der Waals surface area contributed by atoms with Crippen LogP contribution in [0.2, 0.25) is 0 Å². The Morgan fingerprint density at radius 3 is 2.90 bits per heavy atom. The summed E-state index contributed by atoms with van der Waals surface area (Å²) < 4.78 is 39.0. The number of nitrogens with zero attached hydrogens (tertiary/aromatic N) is 3. The molecule has 0 aliphatic carbocycles. The van der Waals surface area contributed by atoms with Crippen LogP contribution in [0.25, 0.3) is 11.4 Å². The van der Waals surface area contributed by atoms with Crippen molar-refractivity contribution in [2.75, 3.05) is 23.4 Å². The number of primary amides is 1. The molecule has 2 amide bonds. The van der Waals surface area contributed by atoms with Crippen LogP contribution in [0.5, 0.6) is 5.75 Å². The first-order valence-corrected chi connectivity index (χ1v) is 9.53. The number of fused-ring (bicyclic) bond motifs is 3. The second-order valence-electron chi connectivity index (χ2n) is 7.03. The first kappa shape index (κ1) is 19.9. The molecule has 4 rings (SSSR count). The minimum Gasteiger partial charge on any atom is -0.491 e. The zero-order valence-electron chi connectivity index (χ0n) is 16.2. The predicted molar refractivity (Wildman–Crippen MR) is 104 cm³/mol. The molecule has 1 fully saturated rings. The number of hydrogen-bond donors (Lipinski definition) is 2. The van der Waals surface area contributed by atoms with E-state index in [9.17, 15) is 18.4 Å². The number of aromatic nitrogens is 2. The van der Waals surface area contributed by atoms with Crippen LogP contribution < -0.4 is 20.7 Å². The number of carbonyl (C=O) groups excluding carboxylic acids is 2. The zero-order chi connectivity index (χ0) is 21.4. The first-order valence-electron chi connectivity index (χ1n) is 9.53. The van der Waals surface area contributed by atoms with Gasteiger partial charge in [0.05, 0.1) is 12.1 Å². The highest BCUT2D eigenvalue weighted by atomic mass is 19.3. The summed E-state index contributed by atoms with van der Waals surface area (Å²) >= 11 is 0. The molecule has 2 aliphatic heterocycles. The maximum atomic E-state index is 13.3. The molecular formula is C19H21F2N5O4. The van der Waals surface area contributed by atoms with Gasteiger partial charge in [-0.2, -0.15) is 0 Å². The Balaban J connectivity index is 1.67. The van der Waals surface area contributed by atoms with Crippen molar-refractivity contribution in [3.05, 3.63) is 24.4 Å². The average molecular weight is 421 g/mol.